The summed E-state index contributed by atoms with van der Waals surface area (Å²) in [6, 6.07) is 0. The Morgan fingerprint density at radius 2 is 1.22 bits per heavy atom. The van der Waals surface area contributed by atoms with Crippen molar-refractivity contribution in [3.05, 3.63) is 0 Å². The molecule has 9 heavy (non-hydrogen) atoms. The normalized spacial score (nSPS) is 6.67. The number of halogens is 3. The average Bonchev–Trinajstić information content (AvgIpc) is 1.25. The van der Waals surface area contributed by atoms with E-state index in [2.05, 4.69) is 0 Å². The summed E-state index contributed by atoms with van der Waals surface area (Å²) in [6.45, 7) is -3.67. The van der Waals surface area contributed by atoms with E-state index in [-0.39, 0.29) is 18.9 Å². The molecule has 0 heterocycles. The van der Waals surface area contributed by atoms with Gasteiger partial charge in [-0.2, -0.15) is 26.4 Å². The van der Waals surface area contributed by atoms with Gasteiger partial charge in [-0.25, -0.2) is 0 Å². The van der Waals surface area contributed by atoms with Gasteiger partial charge < -0.3 is 0 Å². The van der Waals surface area contributed by atoms with E-state index in [9.17, 15) is 13.2 Å². The summed E-state index contributed by atoms with van der Waals surface area (Å²) in [5, 5.41) is 0. The van der Waals surface area contributed by atoms with E-state index in [1.807, 2.05) is 0 Å². The fourth-order valence-electron chi connectivity index (χ4n) is 0. The summed E-state index contributed by atoms with van der Waals surface area (Å²) in [4.78, 5) is 0. The quantitative estimate of drug-likeness (QED) is 0.509. The van der Waals surface area contributed by atoms with Gasteiger partial charge in [0.2, 0.25) is 0 Å². The van der Waals surface area contributed by atoms with Gasteiger partial charge in [0, 0.05) is 0 Å². The van der Waals surface area contributed by atoms with Crippen LogP contribution in [0.15, 0.2) is 0 Å². The van der Waals surface area contributed by atoms with E-state index in [1.165, 1.54) is 0 Å². The molecule has 0 aliphatic rings. The van der Waals surface area contributed by atoms with Crippen LogP contribution in [0.3, 0.4) is 0 Å². The Kier molecular flexibility index (Phi) is 19.4. The molecule has 0 aromatic rings. The molecule has 0 aromatic heterocycles. The molecule has 0 aromatic carbocycles. The molecule has 0 unspecified atom stereocenters. The van der Waals surface area contributed by atoms with Crippen LogP contribution in [0.2, 0.25) is 0 Å². The molecule has 0 radical (unpaired) electrons. The molecular weight excluding hydrogens is 154 g/mol. The minimum atomic E-state index is -3.67. The maximum atomic E-state index is 9.67. The van der Waals surface area contributed by atoms with Gasteiger partial charge in [0.05, 0.1) is 0 Å². The van der Waals surface area contributed by atoms with Crippen LogP contribution in [-0.2, 0) is 10.5 Å². The van der Waals surface area contributed by atoms with Gasteiger partial charge in [-0.05, 0) is 0 Å². The topological polar surface area (TPSA) is 58.0 Å². The van der Waals surface area contributed by atoms with Gasteiger partial charge in [-0.3, -0.25) is 0 Å². The van der Waals surface area contributed by atoms with Crippen molar-refractivity contribution in [2.75, 3.05) is 0 Å². The Hall–Kier alpha value is 0.00740. The summed E-state index contributed by atoms with van der Waals surface area (Å²) in [7, 11) is -2.61. The second-order valence-electron chi connectivity index (χ2n) is 0.482. The van der Waals surface area contributed by atoms with Crippen LogP contribution in [0, 0.1) is 4.78 Å². The molecule has 0 saturated carbocycles. The molecule has 0 spiro atoms. The molecule has 8 heteroatoms. The monoisotopic (exact) mass is 157 g/mol. The summed E-state index contributed by atoms with van der Waals surface area (Å²) in [6.07, 6.45) is 0. The molecule has 0 rings (SSSR count). The van der Waals surface area contributed by atoms with Gasteiger partial charge >= 0.3 is 36.0 Å². The van der Waals surface area contributed by atoms with Crippen LogP contribution in [-0.4, -0.2) is 34.0 Å². The fourth-order valence-corrected chi connectivity index (χ4v) is 0. The van der Waals surface area contributed by atoms with E-state index < -0.39 is 17.2 Å². The van der Waals surface area contributed by atoms with Crippen molar-refractivity contribution in [3.63, 3.8) is 0 Å². The van der Waals surface area contributed by atoms with Gasteiger partial charge in [0.25, 0.3) is 0 Å². The molecule has 0 amide bonds. The number of hydrogen-bond donors (Lipinski definition) is 1. The van der Waals surface area contributed by atoms with Crippen LogP contribution >= 0.6 is 0 Å². The zero-order chi connectivity index (χ0) is 7.15. The van der Waals surface area contributed by atoms with Crippen molar-refractivity contribution in [3.8, 4) is 0 Å². The third-order valence-electron chi connectivity index (χ3n) is 0. The molecule has 0 atom stereocenters. The van der Waals surface area contributed by atoms with Crippen molar-refractivity contribution in [2.45, 2.75) is 6.68 Å². The minimum absolute atomic E-state index is 0. The molecule has 0 fully saturated rings. The molecular formula is CH3F3LiNO2S. The molecule has 0 aliphatic heterocycles. The third kappa shape index (κ3) is 5270000. The van der Waals surface area contributed by atoms with E-state index in [1.54, 1.807) is 0 Å². The number of hydrogen-bond acceptors (Lipinski definition) is 3. The zero-order valence-corrected chi connectivity index (χ0v) is 4.25. The van der Waals surface area contributed by atoms with E-state index in [0.717, 1.165) is 0 Å². The van der Waals surface area contributed by atoms with Gasteiger partial charge in [0.15, 0.2) is 0 Å². The summed E-state index contributed by atoms with van der Waals surface area (Å²) in [5.41, 5.74) is 0. The molecule has 52 valence electrons. The SMILES string of the molecule is FC(F)F.N=S(=O)=O.[LiH]. The maximum absolute atomic E-state index is 9.67. The van der Waals surface area contributed by atoms with E-state index in [4.69, 9.17) is 13.2 Å². The molecule has 0 aliphatic carbocycles. The van der Waals surface area contributed by atoms with Crippen molar-refractivity contribution in [1.29, 1.82) is 4.78 Å². The van der Waals surface area contributed by atoms with Crippen molar-refractivity contribution < 1.29 is 21.6 Å². The molecule has 1 N–H and O–H groups in total. The molecule has 3 nitrogen and oxygen atoms in total. The first kappa shape index (κ1) is 16.0. The predicted octanol–water partition coefficient (Wildman–Crippen LogP) is 0.158. The van der Waals surface area contributed by atoms with Gasteiger partial charge in [-0.1, -0.05) is 0 Å². The summed E-state index contributed by atoms with van der Waals surface area (Å²) >= 11 is 0. The number of nitrogens with one attached hydrogen (secondary N) is 1. The Balaban J connectivity index is -0.0000000720. The Labute approximate surface area is 62.9 Å². The predicted molar refractivity (Wildman–Crippen MR) is 25.9 cm³/mol. The first-order valence-corrected chi connectivity index (χ1v) is 2.27. The second kappa shape index (κ2) is 10.9. The van der Waals surface area contributed by atoms with Crippen LogP contribution in [0.4, 0.5) is 13.2 Å². The van der Waals surface area contributed by atoms with Crippen molar-refractivity contribution in [2.24, 2.45) is 0 Å². The zero-order valence-electron chi connectivity index (χ0n) is 3.44. The Bertz CT molecular complexity index is 119. The molecule has 0 bridgehead atoms. The second-order valence-corrected chi connectivity index (χ2v) is 0.952. The summed E-state index contributed by atoms with van der Waals surface area (Å²) < 4.78 is 51.8. The Morgan fingerprint density at radius 1 is 1.22 bits per heavy atom. The average molecular weight is 157 g/mol. The Morgan fingerprint density at radius 3 is 1.22 bits per heavy atom. The van der Waals surface area contributed by atoms with Crippen LogP contribution in [0.5, 0.6) is 0 Å². The molecule has 0 saturated heterocycles. The third-order valence-corrected chi connectivity index (χ3v) is 0. The van der Waals surface area contributed by atoms with E-state index in [0.29, 0.717) is 0 Å². The first-order valence-electron chi connectivity index (χ1n) is 1.19. The standard InChI is InChI=1S/CHF3.Li.HNO2S.H/c2-1(3)4;;1-4(2)3;/h1H;;1H;. The van der Waals surface area contributed by atoms with Gasteiger partial charge in [-0.15, -0.1) is 0 Å². The van der Waals surface area contributed by atoms with Crippen LogP contribution < -0.4 is 0 Å². The van der Waals surface area contributed by atoms with Crippen molar-refractivity contribution >= 4 is 29.4 Å². The first-order chi connectivity index (χ1) is 3.46. The number of rotatable bonds is 0. The fraction of sp³-hybridized carbons (Fsp3) is 1.00. The van der Waals surface area contributed by atoms with Crippen molar-refractivity contribution in [1.82, 2.24) is 0 Å². The summed E-state index contributed by atoms with van der Waals surface area (Å²) in [5.74, 6) is 0. The van der Waals surface area contributed by atoms with E-state index >= 15 is 0 Å². The van der Waals surface area contributed by atoms with Gasteiger partial charge in [0.1, 0.15) is 0 Å². The number of alkyl halides is 3. The van der Waals surface area contributed by atoms with Crippen LogP contribution in [0.25, 0.3) is 0 Å². The van der Waals surface area contributed by atoms with Crippen LogP contribution in [0.1, 0.15) is 0 Å².